The van der Waals surface area contributed by atoms with Crippen molar-refractivity contribution in [3.63, 3.8) is 0 Å². The van der Waals surface area contributed by atoms with Gasteiger partial charge in [-0.3, -0.25) is 0 Å². The van der Waals surface area contributed by atoms with Gasteiger partial charge in [0.25, 0.3) is 0 Å². The first-order valence-corrected chi connectivity index (χ1v) is 6.20. The summed E-state index contributed by atoms with van der Waals surface area (Å²) >= 11 is 1.80. The number of aryl methyl sites for hydroxylation is 2. The second kappa shape index (κ2) is 4.23. The fourth-order valence-electron chi connectivity index (χ4n) is 1.75. The van der Waals surface area contributed by atoms with Crippen molar-refractivity contribution in [1.82, 2.24) is 4.98 Å². The summed E-state index contributed by atoms with van der Waals surface area (Å²) in [5, 5.41) is 2.41. The van der Waals surface area contributed by atoms with Crippen LogP contribution in [-0.4, -0.2) is 10.7 Å². The lowest BCUT2D eigenvalue weighted by molar-refractivity contribution is 1.16. The van der Waals surface area contributed by atoms with Crippen molar-refractivity contribution in [2.24, 2.45) is 0 Å². The molecule has 0 saturated carbocycles. The van der Waals surface area contributed by atoms with Gasteiger partial charge < -0.3 is 0 Å². The molecule has 0 aliphatic rings. The van der Waals surface area contributed by atoms with Crippen LogP contribution in [0.15, 0.2) is 29.3 Å². The Balaban J connectivity index is 2.68. The van der Waals surface area contributed by atoms with E-state index in [1.165, 1.54) is 16.5 Å². The number of aromatic nitrogens is 1. The highest BCUT2D eigenvalue weighted by Gasteiger charge is 2.04. The van der Waals surface area contributed by atoms with Gasteiger partial charge in [0.2, 0.25) is 0 Å². The Kier molecular flexibility index (Phi) is 2.96. The zero-order valence-electron chi connectivity index (χ0n) is 9.37. The number of benzene rings is 1. The molecule has 0 radical (unpaired) electrons. The topological polar surface area (TPSA) is 12.9 Å². The van der Waals surface area contributed by atoms with Crippen molar-refractivity contribution in [3.05, 3.63) is 35.4 Å². The number of thioether (sulfide) groups is 1. The third-order valence-corrected chi connectivity index (χ3v) is 3.31. The lowest BCUT2D eigenvalue weighted by atomic mass is 10.1. The van der Waals surface area contributed by atoms with E-state index in [0.29, 0.717) is 0 Å². The van der Waals surface area contributed by atoms with Crippen LogP contribution in [0.25, 0.3) is 10.9 Å². The van der Waals surface area contributed by atoms with E-state index < -0.39 is 0 Å². The molecular formula is C13H15NS. The smallest absolute Gasteiger partial charge is 0.0970 e. The van der Waals surface area contributed by atoms with Gasteiger partial charge in [0, 0.05) is 5.39 Å². The van der Waals surface area contributed by atoms with Gasteiger partial charge in [-0.1, -0.05) is 25.1 Å². The Morgan fingerprint density at radius 2 is 2.00 bits per heavy atom. The zero-order chi connectivity index (χ0) is 10.8. The monoisotopic (exact) mass is 217 g/mol. The highest BCUT2D eigenvalue weighted by atomic mass is 32.2. The Bertz CT molecular complexity index is 491. The Hall–Kier alpha value is -1.02. The Morgan fingerprint density at radius 3 is 2.73 bits per heavy atom. The van der Waals surface area contributed by atoms with Crippen LogP contribution in [0, 0.1) is 13.8 Å². The molecule has 2 rings (SSSR count). The van der Waals surface area contributed by atoms with Crippen LogP contribution in [0.2, 0.25) is 0 Å². The predicted molar refractivity (Wildman–Crippen MR) is 67.6 cm³/mol. The van der Waals surface area contributed by atoms with Crippen molar-refractivity contribution >= 4 is 22.7 Å². The average Bonchev–Trinajstić information content (AvgIpc) is 2.20. The standard InChI is InChI=1S/C13H15NS/c1-4-15-12-8-10(3)11-7-5-6-9(2)13(11)14-12/h5-8H,4H2,1-3H3. The highest BCUT2D eigenvalue weighted by molar-refractivity contribution is 7.99. The van der Waals surface area contributed by atoms with E-state index in [2.05, 4.69) is 50.0 Å². The van der Waals surface area contributed by atoms with Gasteiger partial charge in [-0.05, 0) is 36.8 Å². The summed E-state index contributed by atoms with van der Waals surface area (Å²) < 4.78 is 0. The van der Waals surface area contributed by atoms with Crippen molar-refractivity contribution in [2.75, 3.05) is 5.75 Å². The lowest BCUT2D eigenvalue weighted by Gasteiger charge is -2.07. The summed E-state index contributed by atoms with van der Waals surface area (Å²) in [7, 11) is 0. The number of rotatable bonds is 2. The van der Waals surface area contributed by atoms with Crippen molar-refractivity contribution < 1.29 is 0 Å². The van der Waals surface area contributed by atoms with Crippen molar-refractivity contribution in [3.8, 4) is 0 Å². The third-order valence-electron chi connectivity index (χ3n) is 2.52. The minimum absolute atomic E-state index is 1.07. The molecule has 1 heterocycles. The Morgan fingerprint density at radius 1 is 1.20 bits per heavy atom. The van der Waals surface area contributed by atoms with Crippen LogP contribution in [0.4, 0.5) is 0 Å². The fraction of sp³-hybridized carbons (Fsp3) is 0.308. The van der Waals surface area contributed by atoms with E-state index in [0.717, 1.165) is 16.3 Å². The minimum Gasteiger partial charge on any atom is -0.241 e. The van der Waals surface area contributed by atoms with E-state index in [1.54, 1.807) is 11.8 Å². The predicted octanol–water partition coefficient (Wildman–Crippen LogP) is 3.96. The first kappa shape index (κ1) is 10.5. The number of para-hydroxylation sites is 1. The van der Waals surface area contributed by atoms with Crippen LogP contribution in [0.3, 0.4) is 0 Å². The minimum atomic E-state index is 1.07. The number of nitrogens with zero attached hydrogens (tertiary/aromatic N) is 1. The first-order chi connectivity index (χ1) is 7.22. The summed E-state index contributed by atoms with van der Waals surface area (Å²) in [6.45, 7) is 6.43. The molecule has 1 aromatic heterocycles. The molecule has 0 bridgehead atoms. The molecular weight excluding hydrogens is 202 g/mol. The first-order valence-electron chi connectivity index (χ1n) is 5.22. The van der Waals surface area contributed by atoms with E-state index in [9.17, 15) is 0 Å². The van der Waals surface area contributed by atoms with Crippen molar-refractivity contribution in [2.45, 2.75) is 25.8 Å². The molecule has 0 N–H and O–H groups in total. The van der Waals surface area contributed by atoms with Gasteiger partial charge in [0.15, 0.2) is 0 Å². The van der Waals surface area contributed by atoms with Gasteiger partial charge in [-0.2, -0.15) is 0 Å². The second-order valence-corrected chi connectivity index (χ2v) is 4.97. The summed E-state index contributed by atoms with van der Waals surface area (Å²) in [5.74, 6) is 1.07. The lowest BCUT2D eigenvalue weighted by Crippen LogP contribution is -1.89. The molecule has 0 aliphatic heterocycles. The molecule has 0 amide bonds. The number of fused-ring (bicyclic) bond motifs is 1. The molecule has 2 aromatic rings. The molecule has 0 unspecified atom stereocenters. The second-order valence-electron chi connectivity index (χ2n) is 3.68. The molecule has 1 aromatic carbocycles. The molecule has 0 aliphatic carbocycles. The van der Waals surface area contributed by atoms with Crippen LogP contribution in [0.1, 0.15) is 18.1 Å². The summed E-state index contributed by atoms with van der Waals surface area (Å²) in [6, 6.07) is 8.54. The fourth-order valence-corrected chi connectivity index (χ4v) is 2.46. The summed E-state index contributed by atoms with van der Waals surface area (Å²) in [6.07, 6.45) is 0. The van der Waals surface area contributed by atoms with E-state index in [1.807, 2.05) is 0 Å². The maximum atomic E-state index is 4.69. The van der Waals surface area contributed by atoms with E-state index in [-0.39, 0.29) is 0 Å². The van der Waals surface area contributed by atoms with Crippen LogP contribution >= 0.6 is 11.8 Å². The third kappa shape index (κ3) is 2.00. The van der Waals surface area contributed by atoms with E-state index in [4.69, 9.17) is 0 Å². The number of pyridine rings is 1. The highest BCUT2D eigenvalue weighted by Crippen LogP contribution is 2.25. The van der Waals surface area contributed by atoms with Gasteiger partial charge in [0.05, 0.1) is 10.5 Å². The molecule has 78 valence electrons. The van der Waals surface area contributed by atoms with Crippen LogP contribution < -0.4 is 0 Å². The maximum absolute atomic E-state index is 4.69. The quantitative estimate of drug-likeness (QED) is 0.706. The van der Waals surface area contributed by atoms with Gasteiger partial charge >= 0.3 is 0 Å². The molecule has 15 heavy (non-hydrogen) atoms. The molecule has 1 nitrogen and oxygen atoms in total. The van der Waals surface area contributed by atoms with Gasteiger partial charge in [0.1, 0.15) is 0 Å². The summed E-state index contributed by atoms with van der Waals surface area (Å²) in [5.41, 5.74) is 3.72. The van der Waals surface area contributed by atoms with Gasteiger partial charge in [-0.25, -0.2) is 4.98 Å². The number of hydrogen-bond donors (Lipinski definition) is 0. The molecule has 0 spiro atoms. The molecule has 0 fully saturated rings. The normalized spacial score (nSPS) is 10.9. The van der Waals surface area contributed by atoms with E-state index >= 15 is 0 Å². The van der Waals surface area contributed by atoms with Crippen LogP contribution in [0.5, 0.6) is 0 Å². The largest absolute Gasteiger partial charge is 0.241 e. The molecule has 0 saturated heterocycles. The summed E-state index contributed by atoms with van der Waals surface area (Å²) in [4.78, 5) is 4.69. The molecule has 0 atom stereocenters. The van der Waals surface area contributed by atoms with Crippen molar-refractivity contribution in [1.29, 1.82) is 0 Å². The molecule has 2 heteroatoms. The zero-order valence-corrected chi connectivity index (χ0v) is 10.2. The van der Waals surface area contributed by atoms with Gasteiger partial charge in [-0.15, -0.1) is 11.8 Å². The van der Waals surface area contributed by atoms with Crippen LogP contribution in [-0.2, 0) is 0 Å². The average molecular weight is 217 g/mol. The SMILES string of the molecule is CCSc1cc(C)c2cccc(C)c2n1. The maximum Gasteiger partial charge on any atom is 0.0970 e. The number of hydrogen-bond acceptors (Lipinski definition) is 2. The Labute approximate surface area is 94.9 Å².